The quantitative estimate of drug-likeness (QED) is 0.198. The van der Waals surface area contributed by atoms with Crippen molar-refractivity contribution in [1.29, 1.82) is 0 Å². The fourth-order valence-corrected chi connectivity index (χ4v) is 6.03. The maximum atomic E-state index is 13.7. The van der Waals surface area contributed by atoms with Crippen molar-refractivity contribution in [1.82, 2.24) is 18.5 Å². The number of carbonyl (C=O) groups is 1. The van der Waals surface area contributed by atoms with Gasteiger partial charge in [-0.2, -0.15) is 0 Å². The van der Waals surface area contributed by atoms with Gasteiger partial charge in [0, 0.05) is 29.4 Å². The number of aromatic nitrogens is 4. The lowest BCUT2D eigenvalue weighted by Crippen LogP contribution is -2.12. The van der Waals surface area contributed by atoms with Crippen LogP contribution in [0.1, 0.15) is 10.4 Å². The molecule has 3 heterocycles. The number of rotatable bonds is 7. The second kappa shape index (κ2) is 9.85. The van der Waals surface area contributed by atoms with Crippen molar-refractivity contribution >= 4 is 60.9 Å². The molecular weight excluding hydrogens is 559 g/mol. The van der Waals surface area contributed by atoms with Gasteiger partial charge in [-0.05, 0) is 48.5 Å². The first kappa shape index (κ1) is 25.1. The van der Waals surface area contributed by atoms with E-state index in [9.17, 15) is 13.2 Å². The minimum absolute atomic E-state index is 0.0894. The molecule has 0 aliphatic carbocycles. The van der Waals surface area contributed by atoms with Crippen molar-refractivity contribution in [2.24, 2.45) is 0 Å². The summed E-state index contributed by atoms with van der Waals surface area (Å²) in [6.07, 6.45) is 6.05. The summed E-state index contributed by atoms with van der Waals surface area (Å²) in [5.74, 6) is 0.570. The number of pyridine rings is 1. The van der Waals surface area contributed by atoms with Gasteiger partial charge in [-0.15, -0.1) is 0 Å². The van der Waals surface area contributed by atoms with E-state index in [4.69, 9.17) is 27.9 Å². The van der Waals surface area contributed by atoms with Crippen LogP contribution in [0.5, 0.6) is 11.5 Å². The van der Waals surface area contributed by atoms with Gasteiger partial charge < -0.3 is 9.30 Å². The molecule has 0 atom stereocenters. The Morgan fingerprint density at radius 3 is 2.46 bits per heavy atom. The van der Waals surface area contributed by atoms with Crippen LogP contribution in [-0.4, -0.2) is 32.7 Å². The van der Waals surface area contributed by atoms with Crippen LogP contribution in [0, 0.1) is 0 Å². The Kier molecular flexibility index (Phi) is 6.34. The van der Waals surface area contributed by atoms with E-state index in [0.717, 1.165) is 3.97 Å². The zero-order valence-corrected chi connectivity index (χ0v) is 22.4. The minimum atomic E-state index is -4.03. The normalized spacial score (nSPS) is 11.7. The molecule has 0 N–H and O–H groups in total. The van der Waals surface area contributed by atoms with Gasteiger partial charge in [-0.25, -0.2) is 17.4 Å². The molecule has 0 aliphatic heterocycles. The topological polar surface area (TPSA) is 96.1 Å². The molecule has 0 unspecified atom stereocenters. The molecule has 3 aromatic heterocycles. The fraction of sp³-hybridized carbons (Fsp3) is 0.0357. The molecule has 0 bridgehead atoms. The molecule has 0 radical (unpaired) electrons. The van der Waals surface area contributed by atoms with Gasteiger partial charge in [0.15, 0.2) is 5.78 Å². The van der Waals surface area contributed by atoms with Gasteiger partial charge in [0.05, 0.1) is 50.6 Å². The molecule has 0 aliphatic rings. The number of Topliss-reactive ketones (excluding diaryl/α,β-unsaturated/α-hetero) is 1. The van der Waals surface area contributed by atoms with Gasteiger partial charge in [0.2, 0.25) is 0 Å². The average Bonchev–Trinajstić information content (AvgIpc) is 3.51. The number of halogens is 2. The Balaban J connectivity index is 1.46. The summed E-state index contributed by atoms with van der Waals surface area (Å²) in [7, 11) is -4.03. The Labute approximate surface area is 233 Å². The van der Waals surface area contributed by atoms with Crippen LogP contribution in [0.3, 0.4) is 0 Å². The maximum Gasteiger partial charge on any atom is 0.268 e. The third kappa shape index (κ3) is 4.65. The maximum absolute atomic E-state index is 13.7. The predicted octanol–water partition coefficient (Wildman–Crippen LogP) is 6.61. The molecule has 0 spiro atoms. The highest BCUT2D eigenvalue weighted by Crippen LogP contribution is 2.32. The molecule has 0 fully saturated rings. The lowest BCUT2D eigenvalue weighted by atomic mass is 10.1. The first-order valence-corrected chi connectivity index (χ1v) is 13.9. The van der Waals surface area contributed by atoms with Crippen molar-refractivity contribution in [3.05, 3.63) is 113 Å². The highest BCUT2D eigenvalue weighted by atomic mass is 35.5. The summed E-state index contributed by atoms with van der Waals surface area (Å²) >= 11 is 12.3. The van der Waals surface area contributed by atoms with Crippen LogP contribution >= 0.6 is 23.2 Å². The number of ketones is 1. The molecule has 194 valence electrons. The molecule has 8 nitrogen and oxygen atoms in total. The smallest absolute Gasteiger partial charge is 0.268 e. The number of fused-ring (bicyclic) bond motifs is 2. The standard InChI is InChI=1S/C28H18Cl2N4O4S/c29-23-12-25-27(13-24(23)30)33(17-32-25)16-28(35)22-15-34(39(36,37)20-6-2-1-3-7-20)26-11-18(8-9-21(22)26)38-19-5-4-10-31-14-19/h1-15,17H,16H2. The minimum Gasteiger partial charge on any atom is -0.456 e. The molecule has 0 saturated carbocycles. The van der Waals surface area contributed by atoms with Crippen molar-refractivity contribution in [2.45, 2.75) is 11.4 Å². The van der Waals surface area contributed by atoms with E-state index >= 15 is 0 Å². The Hall–Kier alpha value is -4.18. The first-order valence-electron chi connectivity index (χ1n) is 11.7. The number of benzene rings is 3. The van der Waals surface area contributed by atoms with E-state index in [1.807, 2.05) is 0 Å². The van der Waals surface area contributed by atoms with Crippen LogP contribution in [0.2, 0.25) is 10.0 Å². The highest BCUT2D eigenvalue weighted by molar-refractivity contribution is 7.90. The molecule has 11 heteroatoms. The molecular formula is C28H18Cl2N4O4S. The van der Waals surface area contributed by atoms with Crippen molar-refractivity contribution in [2.75, 3.05) is 0 Å². The molecule has 6 rings (SSSR count). The number of nitrogens with zero attached hydrogens (tertiary/aromatic N) is 4. The second-order valence-electron chi connectivity index (χ2n) is 8.68. The van der Waals surface area contributed by atoms with Gasteiger partial charge in [-0.3, -0.25) is 9.78 Å². The number of carbonyl (C=O) groups excluding carboxylic acids is 1. The summed E-state index contributed by atoms with van der Waals surface area (Å²) in [5.41, 5.74) is 1.75. The summed E-state index contributed by atoms with van der Waals surface area (Å²) in [6.45, 7) is -0.0904. The van der Waals surface area contributed by atoms with Crippen LogP contribution in [0.25, 0.3) is 21.9 Å². The number of ether oxygens (including phenoxy) is 1. The Bertz CT molecular complexity index is 1970. The van der Waals surface area contributed by atoms with E-state index in [1.54, 1.807) is 77.6 Å². The van der Waals surface area contributed by atoms with Crippen molar-refractivity contribution < 1.29 is 17.9 Å². The Morgan fingerprint density at radius 2 is 1.69 bits per heavy atom. The van der Waals surface area contributed by atoms with Crippen molar-refractivity contribution in [3.63, 3.8) is 0 Å². The van der Waals surface area contributed by atoms with Crippen LogP contribution in [-0.2, 0) is 16.6 Å². The van der Waals surface area contributed by atoms with E-state index in [1.165, 1.54) is 24.7 Å². The summed E-state index contributed by atoms with van der Waals surface area (Å²) in [6, 6.07) is 19.7. The SMILES string of the molecule is O=C(Cn1cnc2cc(Cl)c(Cl)cc21)c1cn(S(=O)(=O)c2ccccc2)c2cc(Oc3cccnc3)ccc12. The average molecular weight is 577 g/mol. The van der Waals surface area contributed by atoms with Gasteiger partial charge in [0.25, 0.3) is 10.0 Å². The fourth-order valence-electron chi connectivity index (χ4n) is 4.33. The van der Waals surface area contributed by atoms with E-state index in [0.29, 0.717) is 43.5 Å². The zero-order chi connectivity index (χ0) is 27.1. The molecule has 0 amide bonds. The van der Waals surface area contributed by atoms with Gasteiger partial charge in [-0.1, -0.05) is 41.4 Å². The molecule has 39 heavy (non-hydrogen) atoms. The molecule has 0 saturated heterocycles. The van der Waals surface area contributed by atoms with Gasteiger partial charge >= 0.3 is 0 Å². The zero-order valence-electron chi connectivity index (χ0n) is 20.0. The Morgan fingerprint density at radius 1 is 0.897 bits per heavy atom. The number of hydrogen-bond acceptors (Lipinski definition) is 6. The van der Waals surface area contributed by atoms with Crippen molar-refractivity contribution in [3.8, 4) is 11.5 Å². The van der Waals surface area contributed by atoms with E-state index in [-0.39, 0.29) is 22.8 Å². The summed E-state index contributed by atoms with van der Waals surface area (Å²) < 4.78 is 36.0. The summed E-state index contributed by atoms with van der Waals surface area (Å²) in [5, 5.41) is 1.16. The van der Waals surface area contributed by atoms with Crippen LogP contribution < -0.4 is 4.74 Å². The third-order valence-corrected chi connectivity index (χ3v) is 8.60. The van der Waals surface area contributed by atoms with Crippen LogP contribution in [0.4, 0.5) is 0 Å². The predicted molar refractivity (Wildman–Crippen MR) is 149 cm³/mol. The monoisotopic (exact) mass is 576 g/mol. The largest absolute Gasteiger partial charge is 0.456 e. The first-order chi connectivity index (χ1) is 18.8. The van der Waals surface area contributed by atoms with Crippen LogP contribution in [0.15, 0.2) is 103 Å². The molecule has 6 aromatic rings. The van der Waals surface area contributed by atoms with E-state index < -0.39 is 10.0 Å². The number of hydrogen-bond donors (Lipinski definition) is 0. The highest BCUT2D eigenvalue weighted by Gasteiger charge is 2.25. The second-order valence-corrected chi connectivity index (χ2v) is 11.3. The van der Waals surface area contributed by atoms with E-state index in [2.05, 4.69) is 9.97 Å². The third-order valence-electron chi connectivity index (χ3n) is 6.19. The molecule has 3 aromatic carbocycles. The summed E-state index contributed by atoms with van der Waals surface area (Å²) in [4.78, 5) is 22.1. The van der Waals surface area contributed by atoms with Gasteiger partial charge in [0.1, 0.15) is 11.5 Å². The lowest BCUT2D eigenvalue weighted by molar-refractivity contribution is 0.0975. The number of imidazole rings is 1. The lowest BCUT2D eigenvalue weighted by Gasteiger charge is -2.09.